The fourth-order valence-corrected chi connectivity index (χ4v) is 2.63. The number of nitrogens with zero attached hydrogens (tertiary/aromatic N) is 2. The second kappa shape index (κ2) is 8.76. The van der Waals surface area contributed by atoms with Crippen LogP contribution in [-0.2, 0) is 6.42 Å². The first kappa shape index (κ1) is 17.6. The second-order valence-electron chi connectivity index (χ2n) is 6.11. The van der Waals surface area contributed by atoms with E-state index in [9.17, 15) is 4.79 Å². The molecule has 5 heteroatoms. The number of carbonyl (C=O) groups is 1. The van der Waals surface area contributed by atoms with E-state index < -0.39 is 0 Å². The first-order valence-electron chi connectivity index (χ1n) is 8.69. The molecule has 0 aliphatic carbocycles. The molecular formula is C21H22N4O. The van der Waals surface area contributed by atoms with Gasteiger partial charge < -0.3 is 10.6 Å². The Balaban J connectivity index is 1.53. The van der Waals surface area contributed by atoms with Gasteiger partial charge in [0.15, 0.2) is 0 Å². The number of amides is 1. The zero-order chi connectivity index (χ0) is 18.2. The van der Waals surface area contributed by atoms with Crippen LogP contribution in [0.1, 0.15) is 28.0 Å². The first-order chi connectivity index (χ1) is 12.7. The molecule has 0 aliphatic heterocycles. The molecule has 1 aromatic heterocycles. The molecule has 1 heterocycles. The third kappa shape index (κ3) is 5.14. The molecule has 0 atom stereocenters. The standard InChI is InChI=1S/C21H22N4O/c1-16-7-5-11-18(15-16)24-21-23-14-12-19(25-21)20(26)22-13-6-10-17-8-3-2-4-9-17/h2-5,7-9,11-12,14-15H,6,10,13H2,1H3,(H,22,26)(H,23,24,25). The predicted molar refractivity (Wildman–Crippen MR) is 104 cm³/mol. The van der Waals surface area contributed by atoms with E-state index in [1.54, 1.807) is 12.3 Å². The minimum absolute atomic E-state index is 0.187. The topological polar surface area (TPSA) is 66.9 Å². The predicted octanol–water partition coefficient (Wildman–Crippen LogP) is 3.89. The van der Waals surface area contributed by atoms with Crippen LogP contribution in [0.2, 0.25) is 0 Å². The molecule has 0 aliphatic rings. The molecule has 0 radical (unpaired) electrons. The number of benzene rings is 2. The number of carbonyl (C=O) groups excluding carboxylic acids is 1. The molecule has 26 heavy (non-hydrogen) atoms. The van der Waals surface area contributed by atoms with Gasteiger partial charge in [0.25, 0.3) is 5.91 Å². The molecule has 0 unspecified atom stereocenters. The van der Waals surface area contributed by atoms with Crippen LogP contribution in [0.25, 0.3) is 0 Å². The van der Waals surface area contributed by atoms with Crippen LogP contribution in [0.4, 0.5) is 11.6 Å². The van der Waals surface area contributed by atoms with Gasteiger partial charge in [0.1, 0.15) is 5.69 Å². The number of aromatic nitrogens is 2. The second-order valence-corrected chi connectivity index (χ2v) is 6.11. The maximum atomic E-state index is 12.3. The fraction of sp³-hybridized carbons (Fsp3) is 0.190. The van der Waals surface area contributed by atoms with E-state index in [0.29, 0.717) is 18.2 Å². The minimum Gasteiger partial charge on any atom is -0.351 e. The SMILES string of the molecule is Cc1cccc(Nc2nccc(C(=O)NCCCc3ccccc3)n2)c1. The Kier molecular flexibility index (Phi) is 5.93. The Morgan fingerprint density at radius 2 is 1.88 bits per heavy atom. The molecule has 0 bridgehead atoms. The Labute approximate surface area is 153 Å². The number of anilines is 2. The number of rotatable bonds is 7. The summed E-state index contributed by atoms with van der Waals surface area (Å²) in [6, 6.07) is 19.8. The van der Waals surface area contributed by atoms with E-state index in [4.69, 9.17) is 0 Å². The van der Waals surface area contributed by atoms with Gasteiger partial charge in [0, 0.05) is 18.4 Å². The van der Waals surface area contributed by atoms with E-state index in [0.717, 1.165) is 24.1 Å². The van der Waals surface area contributed by atoms with Gasteiger partial charge >= 0.3 is 0 Å². The summed E-state index contributed by atoms with van der Waals surface area (Å²) in [6.45, 7) is 2.63. The van der Waals surface area contributed by atoms with Gasteiger partial charge in [0.05, 0.1) is 0 Å². The smallest absolute Gasteiger partial charge is 0.270 e. The third-order valence-electron chi connectivity index (χ3n) is 3.93. The van der Waals surface area contributed by atoms with Gasteiger partial charge in [-0.25, -0.2) is 9.97 Å². The average Bonchev–Trinajstić information content (AvgIpc) is 2.66. The van der Waals surface area contributed by atoms with Gasteiger partial charge in [-0.2, -0.15) is 0 Å². The van der Waals surface area contributed by atoms with Crippen molar-refractivity contribution < 1.29 is 4.79 Å². The summed E-state index contributed by atoms with van der Waals surface area (Å²) in [6.07, 6.45) is 3.41. The van der Waals surface area contributed by atoms with Gasteiger partial charge in [-0.3, -0.25) is 4.79 Å². The van der Waals surface area contributed by atoms with Crippen molar-refractivity contribution in [2.24, 2.45) is 0 Å². The van der Waals surface area contributed by atoms with Crippen molar-refractivity contribution >= 4 is 17.5 Å². The lowest BCUT2D eigenvalue weighted by Crippen LogP contribution is -2.26. The molecule has 3 rings (SSSR count). The molecule has 0 fully saturated rings. The monoisotopic (exact) mass is 346 g/mol. The number of aryl methyl sites for hydroxylation is 2. The maximum Gasteiger partial charge on any atom is 0.270 e. The first-order valence-corrected chi connectivity index (χ1v) is 8.69. The summed E-state index contributed by atoms with van der Waals surface area (Å²) in [4.78, 5) is 20.8. The van der Waals surface area contributed by atoms with Crippen LogP contribution < -0.4 is 10.6 Å². The van der Waals surface area contributed by atoms with E-state index in [2.05, 4.69) is 32.7 Å². The Morgan fingerprint density at radius 3 is 2.69 bits per heavy atom. The van der Waals surface area contributed by atoms with Gasteiger partial charge in [-0.05, 0) is 49.1 Å². The molecule has 3 aromatic rings. The van der Waals surface area contributed by atoms with Crippen molar-refractivity contribution in [2.45, 2.75) is 19.8 Å². The Hall–Kier alpha value is -3.21. The molecule has 0 saturated carbocycles. The van der Waals surface area contributed by atoms with E-state index in [1.807, 2.05) is 49.4 Å². The highest BCUT2D eigenvalue weighted by Crippen LogP contribution is 2.14. The highest BCUT2D eigenvalue weighted by molar-refractivity contribution is 5.92. The van der Waals surface area contributed by atoms with Crippen LogP contribution in [-0.4, -0.2) is 22.4 Å². The van der Waals surface area contributed by atoms with E-state index >= 15 is 0 Å². The molecule has 0 spiro atoms. The van der Waals surface area contributed by atoms with E-state index in [-0.39, 0.29) is 5.91 Å². The zero-order valence-corrected chi connectivity index (χ0v) is 14.8. The number of hydrogen-bond donors (Lipinski definition) is 2. The molecular weight excluding hydrogens is 324 g/mol. The zero-order valence-electron chi connectivity index (χ0n) is 14.8. The lowest BCUT2D eigenvalue weighted by atomic mass is 10.1. The minimum atomic E-state index is -0.187. The summed E-state index contributed by atoms with van der Waals surface area (Å²) >= 11 is 0. The highest BCUT2D eigenvalue weighted by Gasteiger charge is 2.08. The van der Waals surface area contributed by atoms with E-state index in [1.165, 1.54) is 5.56 Å². The lowest BCUT2D eigenvalue weighted by Gasteiger charge is -2.08. The lowest BCUT2D eigenvalue weighted by molar-refractivity contribution is 0.0948. The van der Waals surface area contributed by atoms with Crippen molar-refractivity contribution in [2.75, 3.05) is 11.9 Å². The third-order valence-corrected chi connectivity index (χ3v) is 3.93. The molecule has 5 nitrogen and oxygen atoms in total. The average molecular weight is 346 g/mol. The summed E-state index contributed by atoms with van der Waals surface area (Å²) in [5.41, 5.74) is 3.66. The molecule has 132 valence electrons. The highest BCUT2D eigenvalue weighted by atomic mass is 16.1. The quantitative estimate of drug-likeness (QED) is 0.637. The van der Waals surface area contributed by atoms with Crippen LogP contribution in [0.15, 0.2) is 66.9 Å². The van der Waals surface area contributed by atoms with Crippen LogP contribution in [0.5, 0.6) is 0 Å². The molecule has 2 aromatic carbocycles. The van der Waals surface area contributed by atoms with Crippen molar-refractivity contribution in [3.63, 3.8) is 0 Å². The largest absolute Gasteiger partial charge is 0.351 e. The normalized spacial score (nSPS) is 10.3. The summed E-state index contributed by atoms with van der Waals surface area (Å²) < 4.78 is 0. The Morgan fingerprint density at radius 1 is 1.04 bits per heavy atom. The van der Waals surface area contributed by atoms with Gasteiger partial charge in [-0.15, -0.1) is 0 Å². The molecule has 1 amide bonds. The van der Waals surface area contributed by atoms with Gasteiger partial charge in [-0.1, -0.05) is 42.5 Å². The fourth-order valence-electron chi connectivity index (χ4n) is 2.63. The van der Waals surface area contributed by atoms with Crippen molar-refractivity contribution in [3.05, 3.63) is 83.7 Å². The van der Waals surface area contributed by atoms with Crippen molar-refractivity contribution in [1.82, 2.24) is 15.3 Å². The van der Waals surface area contributed by atoms with Crippen LogP contribution in [0, 0.1) is 6.92 Å². The van der Waals surface area contributed by atoms with Crippen LogP contribution in [0.3, 0.4) is 0 Å². The van der Waals surface area contributed by atoms with Gasteiger partial charge in [0.2, 0.25) is 5.95 Å². The summed E-state index contributed by atoms with van der Waals surface area (Å²) in [5.74, 6) is 0.222. The number of hydrogen-bond acceptors (Lipinski definition) is 4. The molecule has 2 N–H and O–H groups in total. The van der Waals surface area contributed by atoms with Crippen molar-refractivity contribution in [1.29, 1.82) is 0 Å². The summed E-state index contributed by atoms with van der Waals surface area (Å²) in [7, 11) is 0. The summed E-state index contributed by atoms with van der Waals surface area (Å²) in [5, 5.41) is 6.04. The number of nitrogens with one attached hydrogen (secondary N) is 2. The van der Waals surface area contributed by atoms with Crippen molar-refractivity contribution in [3.8, 4) is 0 Å². The van der Waals surface area contributed by atoms with Crippen LogP contribution >= 0.6 is 0 Å². The Bertz CT molecular complexity index is 865. The maximum absolute atomic E-state index is 12.3. The molecule has 0 saturated heterocycles.